The highest BCUT2D eigenvalue weighted by molar-refractivity contribution is 6.31. The number of nitrogen functional groups attached to an aromatic ring is 1. The molecule has 0 fully saturated rings. The largest absolute Gasteiger partial charge is 0.369 e. The summed E-state index contributed by atoms with van der Waals surface area (Å²) in [5, 5.41) is 0.744. The Morgan fingerprint density at radius 3 is 2.70 bits per heavy atom. The third-order valence-electron chi connectivity index (χ3n) is 3.61. The highest BCUT2D eigenvalue weighted by Crippen LogP contribution is 2.31. The number of fused-ring (bicyclic) bond motifs is 1. The van der Waals surface area contributed by atoms with Crippen molar-refractivity contribution in [2.45, 2.75) is 19.9 Å². The molecule has 3 nitrogen and oxygen atoms in total. The minimum atomic E-state index is 0.0375. The van der Waals surface area contributed by atoms with Crippen molar-refractivity contribution in [2.24, 2.45) is 0 Å². The van der Waals surface area contributed by atoms with Crippen LogP contribution in [-0.2, 0) is 0 Å². The molecule has 0 aliphatic rings. The SMILES string of the molecule is Cc1ccc2nc(N)n(C(C)c3ccccc3Cl)c2c1. The average molecular weight is 286 g/mol. The van der Waals surface area contributed by atoms with Gasteiger partial charge in [-0.3, -0.25) is 0 Å². The fourth-order valence-electron chi connectivity index (χ4n) is 2.58. The minimum absolute atomic E-state index is 0.0375. The van der Waals surface area contributed by atoms with Gasteiger partial charge >= 0.3 is 0 Å². The number of halogens is 1. The van der Waals surface area contributed by atoms with Crippen LogP contribution in [0.3, 0.4) is 0 Å². The molecule has 0 spiro atoms. The molecule has 102 valence electrons. The van der Waals surface area contributed by atoms with Gasteiger partial charge in [0.25, 0.3) is 0 Å². The zero-order valence-electron chi connectivity index (χ0n) is 11.5. The second-order valence-corrected chi connectivity index (χ2v) is 5.44. The van der Waals surface area contributed by atoms with Crippen molar-refractivity contribution in [3.8, 4) is 0 Å². The number of hydrogen-bond acceptors (Lipinski definition) is 2. The van der Waals surface area contributed by atoms with E-state index in [1.165, 1.54) is 5.56 Å². The zero-order valence-corrected chi connectivity index (χ0v) is 12.2. The van der Waals surface area contributed by atoms with Crippen LogP contribution in [0.25, 0.3) is 11.0 Å². The van der Waals surface area contributed by atoms with E-state index in [9.17, 15) is 0 Å². The number of benzene rings is 2. The maximum Gasteiger partial charge on any atom is 0.201 e. The van der Waals surface area contributed by atoms with Crippen LogP contribution in [0.4, 0.5) is 5.95 Å². The molecule has 1 aromatic heterocycles. The highest BCUT2D eigenvalue weighted by atomic mass is 35.5. The number of hydrogen-bond donors (Lipinski definition) is 1. The van der Waals surface area contributed by atoms with E-state index in [1.54, 1.807) is 0 Å². The lowest BCUT2D eigenvalue weighted by atomic mass is 10.1. The summed E-state index contributed by atoms with van der Waals surface area (Å²) in [6.45, 7) is 4.15. The van der Waals surface area contributed by atoms with E-state index in [4.69, 9.17) is 17.3 Å². The summed E-state index contributed by atoms with van der Waals surface area (Å²) in [5.74, 6) is 0.512. The number of nitrogens with zero attached hydrogens (tertiary/aromatic N) is 2. The topological polar surface area (TPSA) is 43.8 Å². The summed E-state index contributed by atoms with van der Waals surface area (Å²) in [5.41, 5.74) is 10.3. The van der Waals surface area contributed by atoms with Gasteiger partial charge in [0, 0.05) is 5.02 Å². The number of anilines is 1. The van der Waals surface area contributed by atoms with Gasteiger partial charge in [0.15, 0.2) is 0 Å². The molecule has 1 heterocycles. The Bertz CT molecular complexity index is 776. The van der Waals surface area contributed by atoms with Crippen LogP contribution in [-0.4, -0.2) is 9.55 Å². The molecule has 0 aliphatic heterocycles. The van der Waals surface area contributed by atoms with Gasteiger partial charge in [-0.25, -0.2) is 4.98 Å². The average Bonchev–Trinajstić information content (AvgIpc) is 2.74. The number of rotatable bonds is 2. The van der Waals surface area contributed by atoms with Gasteiger partial charge in [0.05, 0.1) is 17.1 Å². The first kappa shape index (κ1) is 13.0. The third-order valence-corrected chi connectivity index (χ3v) is 3.96. The van der Waals surface area contributed by atoms with Gasteiger partial charge in [-0.15, -0.1) is 0 Å². The van der Waals surface area contributed by atoms with Gasteiger partial charge in [0.1, 0.15) is 0 Å². The molecule has 1 unspecified atom stereocenters. The van der Waals surface area contributed by atoms with Crippen molar-refractivity contribution in [3.63, 3.8) is 0 Å². The number of aromatic nitrogens is 2. The molecule has 0 saturated heterocycles. The van der Waals surface area contributed by atoms with Crippen LogP contribution in [0.15, 0.2) is 42.5 Å². The van der Waals surface area contributed by atoms with Crippen molar-refractivity contribution < 1.29 is 0 Å². The second kappa shape index (κ2) is 4.84. The summed E-state index contributed by atoms with van der Waals surface area (Å²) < 4.78 is 2.03. The first-order valence-electron chi connectivity index (χ1n) is 6.56. The van der Waals surface area contributed by atoms with E-state index in [-0.39, 0.29) is 6.04 Å². The van der Waals surface area contributed by atoms with E-state index < -0.39 is 0 Å². The standard InChI is InChI=1S/C16H16ClN3/c1-10-7-8-14-15(9-10)20(16(18)19-14)11(2)12-5-3-4-6-13(12)17/h3-9,11H,1-2H3,(H2,18,19). The van der Waals surface area contributed by atoms with E-state index in [0.717, 1.165) is 21.6 Å². The third kappa shape index (κ3) is 2.04. The zero-order chi connectivity index (χ0) is 14.3. The first-order chi connectivity index (χ1) is 9.58. The summed E-state index contributed by atoms with van der Waals surface area (Å²) in [7, 11) is 0. The summed E-state index contributed by atoms with van der Waals surface area (Å²) in [6, 6.07) is 14.0. The molecule has 4 heteroatoms. The molecule has 2 aromatic carbocycles. The van der Waals surface area contributed by atoms with Crippen LogP contribution < -0.4 is 5.73 Å². The maximum atomic E-state index is 6.30. The van der Waals surface area contributed by atoms with Crippen molar-refractivity contribution in [3.05, 3.63) is 58.6 Å². The van der Waals surface area contributed by atoms with Crippen LogP contribution in [0.5, 0.6) is 0 Å². The molecule has 3 aromatic rings. The Labute approximate surface area is 123 Å². The van der Waals surface area contributed by atoms with Gasteiger partial charge in [-0.2, -0.15) is 0 Å². The predicted octanol–water partition coefficient (Wildman–Crippen LogP) is 4.19. The number of imidazole rings is 1. The quantitative estimate of drug-likeness (QED) is 0.767. The molecular weight excluding hydrogens is 270 g/mol. The van der Waals surface area contributed by atoms with E-state index >= 15 is 0 Å². The number of aryl methyl sites for hydroxylation is 1. The van der Waals surface area contributed by atoms with Gasteiger partial charge < -0.3 is 10.3 Å². The summed E-state index contributed by atoms with van der Waals surface area (Å²) >= 11 is 6.30. The molecule has 0 amide bonds. The molecule has 0 aliphatic carbocycles. The first-order valence-corrected chi connectivity index (χ1v) is 6.94. The van der Waals surface area contributed by atoms with Crippen LogP contribution in [0, 0.1) is 6.92 Å². The Morgan fingerprint density at radius 1 is 1.20 bits per heavy atom. The maximum absolute atomic E-state index is 6.30. The molecule has 3 rings (SSSR count). The fourth-order valence-corrected chi connectivity index (χ4v) is 2.88. The Morgan fingerprint density at radius 2 is 1.95 bits per heavy atom. The molecule has 1 atom stereocenters. The minimum Gasteiger partial charge on any atom is -0.369 e. The lowest BCUT2D eigenvalue weighted by Gasteiger charge is -2.18. The predicted molar refractivity (Wildman–Crippen MR) is 84.1 cm³/mol. The van der Waals surface area contributed by atoms with Crippen LogP contribution in [0.2, 0.25) is 5.02 Å². The van der Waals surface area contributed by atoms with Crippen LogP contribution in [0.1, 0.15) is 24.1 Å². The molecule has 0 bridgehead atoms. The molecule has 0 saturated carbocycles. The van der Waals surface area contributed by atoms with Crippen molar-refractivity contribution in [1.29, 1.82) is 0 Å². The lowest BCUT2D eigenvalue weighted by Crippen LogP contribution is -2.10. The summed E-state index contributed by atoms with van der Waals surface area (Å²) in [4.78, 5) is 4.43. The Hall–Kier alpha value is -2.00. The lowest BCUT2D eigenvalue weighted by molar-refractivity contribution is 0.668. The highest BCUT2D eigenvalue weighted by Gasteiger charge is 2.17. The Balaban J connectivity index is 2.21. The second-order valence-electron chi connectivity index (χ2n) is 5.03. The van der Waals surface area contributed by atoms with Crippen molar-refractivity contribution in [1.82, 2.24) is 9.55 Å². The normalized spacial score (nSPS) is 12.8. The Kier molecular flexibility index (Phi) is 3.14. The van der Waals surface area contributed by atoms with E-state index in [0.29, 0.717) is 5.95 Å². The van der Waals surface area contributed by atoms with E-state index in [1.807, 2.05) is 41.0 Å². The van der Waals surface area contributed by atoms with E-state index in [2.05, 4.69) is 24.9 Å². The van der Waals surface area contributed by atoms with Crippen LogP contribution >= 0.6 is 11.6 Å². The monoisotopic (exact) mass is 285 g/mol. The van der Waals surface area contributed by atoms with Gasteiger partial charge in [0.2, 0.25) is 5.95 Å². The molecule has 2 N–H and O–H groups in total. The molecule has 0 radical (unpaired) electrons. The summed E-state index contributed by atoms with van der Waals surface area (Å²) in [6.07, 6.45) is 0. The molecule has 20 heavy (non-hydrogen) atoms. The molecular formula is C16H16ClN3. The fraction of sp³-hybridized carbons (Fsp3) is 0.188. The van der Waals surface area contributed by atoms with Gasteiger partial charge in [-0.1, -0.05) is 35.9 Å². The smallest absolute Gasteiger partial charge is 0.201 e. The number of nitrogens with two attached hydrogens (primary N) is 1. The van der Waals surface area contributed by atoms with Crippen molar-refractivity contribution in [2.75, 3.05) is 5.73 Å². The van der Waals surface area contributed by atoms with Gasteiger partial charge in [-0.05, 0) is 43.2 Å². The van der Waals surface area contributed by atoms with Crippen molar-refractivity contribution >= 4 is 28.6 Å².